The van der Waals surface area contributed by atoms with E-state index in [2.05, 4.69) is 25.8 Å². The molecule has 0 atom stereocenters. The highest BCUT2D eigenvalue weighted by Crippen LogP contribution is 2.08. The zero-order valence-corrected chi connectivity index (χ0v) is 19.9. The Morgan fingerprint density at radius 3 is 2.46 bits per heavy atom. The molecule has 0 aliphatic carbocycles. The number of nitrogens with zero attached hydrogens (tertiary/aromatic N) is 4. The summed E-state index contributed by atoms with van der Waals surface area (Å²) in [7, 11) is 0. The molecule has 0 spiro atoms. The van der Waals surface area contributed by atoms with Crippen molar-refractivity contribution in [1.82, 2.24) is 19.7 Å². The van der Waals surface area contributed by atoms with Gasteiger partial charge in [0.05, 0.1) is 18.7 Å². The molecule has 1 aromatic carbocycles. The predicted octanol–water partition coefficient (Wildman–Crippen LogP) is 3.44. The minimum atomic E-state index is -0.633. The topological polar surface area (TPSA) is 128 Å². The van der Waals surface area contributed by atoms with E-state index in [0.29, 0.717) is 25.4 Å². The van der Waals surface area contributed by atoms with Gasteiger partial charge in [-0.3, -0.25) is 14.7 Å². The molecule has 10 nitrogen and oxygen atoms in total. The van der Waals surface area contributed by atoms with Crippen molar-refractivity contribution in [1.29, 1.82) is 0 Å². The molecule has 3 aromatic rings. The van der Waals surface area contributed by atoms with E-state index in [1.165, 1.54) is 4.57 Å². The van der Waals surface area contributed by atoms with Gasteiger partial charge in [-0.15, -0.1) is 5.10 Å². The van der Waals surface area contributed by atoms with Crippen LogP contribution < -0.4 is 16.3 Å². The fourth-order valence-corrected chi connectivity index (χ4v) is 3.17. The summed E-state index contributed by atoms with van der Waals surface area (Å²) in [4.78, 5) is 39.9. The zero-order chi connectivity index (χ0) is 25.0. The smallest absolute Gasteiger partial charge is 0.412 e. The predicted molar refractivity (Wildman–Crippen MR) is 132 cm³/mol. The standard InChI is InChI=1S/C25H30N6O4/c1-18(2)17-35-25(34)28-21-13-15-31(24(33)27-21)14-7-6-10-20-11-12-22(30-29-20)26-23(32)16-19-8-4-3-5-9-19/h3-5,8-9,11-13,15,18H,6-7,10,14,16-17H2,1-2H3,(H,26,30,32)(H,27,28,33,34). The number of rotatable bonds is 11. The Morgan fingerprint density at radius 2 is 1.77 bits per heavy atom. The average Bonchev–Trinajstić information content (AvgIpc) is 2.83. The largest absolute Gasteiger partial charge is 0.449 e. The maximum atomic E-state index is 12.2. The van der Waals surface area contributed by atoms with Crippen LogP contribution in [0.2, 0.25) is 0 Å². The Bertz CT molecular complexity index is 1160. The van der Waals surface area contributed by atoms with Gasteiger partial charge < -0.3 is 10.1 Å². The number of carbonyl (C=O) groups is 2. The van der Waals surface area contributed by atoms with Gasteiger partial charge in [-0.1, -0.05) is 44.2 Å². The second kappa shape index (κ2) is 13.0. The lowest BCUT2D eigenvalue weighted by Crippen LogP contribution is -2.25. The van der Waals surface area contributed by atoms with Crippen LogP contribution in [0.4, 0.5) is 16.4 Å². The molecule has 0 aliphatic rings. The third-order valence-electron chi connectivity index (χ3n) is 4.93. The van der Waals surface area contributed by atoms with Crippen molar-refractivity contribution >= 4 is 23.6 Å². The third kappa shape index (κ3) is 9.00. The first-order chi connectivity index (χ1) is 16.9. The molecule has 2 heterocycles. The second-order valence-corrected chi connectivity index (χ2v) is 8.48. The van der Waals surface area contributed by atoms with Gasteiger partial charge in [-0.05, 0) is 48.9 Å². The highest BCUT2D eigenvalue weighted by atomic mass is 16.5. The first kappa shape index (κ1) is 25.5. The van der Waals surface area contributed by atoms with Crippen LogP contribution in [0.15, 0.2) is 59.5 Å². The van der Waals surface area contributed by atoms with Crippen molar-refractivity contribution in [3.05, 3.63) is 76.5 Å². The summed E-state index contributed by atoms with van der Waals surface area (Å²) < 4.78 is 6.51. The lowest BCUT2D eigenvalue weighted by molar-refractivity contribution is -0.115. The van der Waals surface area contributed by atoms with Crippen molar-refractivity contribution in [3.63, 3.8) is 0 Å². The Balaban J connectivity index is 1.39. The number of unbranched alkanes of at least 4 members (excludes halogenated alkanes) is 1. The molecule has 0 fully saturated rings. The van der Waals surface area contributed by atoms with Crippen LogP contribution in [0.25, 0.3) is 0 Å². The number of hydrogen-bond acceptors (Lipinski definition) is 7. The second-order valence-electron chi connectivity index (χ2n) is 8.48. The van der Waals surface area contributed by atoms with E-state index in [9.17, 15) is 14.4 Å². The highest BCUT2D eigenvalue weighted by molar-refractivity contribution is 5.91. The summed E-state index contributed by atoms with van der Waals surface area (Å²) in [5, 5.41) is 13.4. The summed E-state index contributed by atoms with van der Waals surface area (Å²) in [6.45, 7) is 4.65. The number of ether oxygens (including phenoxy) is 1. The van der Waals surface area contributed by atoms with Gasteiger partial charge in [0.1, 0.15) is 5.82 Å². The van der Waals surface area contributed by atoms with Crippen LogP contribution in [-0.4, -0.2) is 38.4 Å². The van der Waals surface area contributed by atoms with E-state index in [0.717, 1.165) is 24.1 Å². The molecule has 0 bridgehead atoms. The van der Waals surface area contributed by atoms with Gasteiger partial charge in [0.2, 0.25) is 5.91 Å². The molecular weight excluding hydrogens is 448 g/mol. The Kier molecular flexibility index (Phi) is 9.47. The lowest BCUT2D eigenvalue weighted by Gasteiger charge is -2.09. The van der Waals surface area contributed by atoms with E-state index in [4.69, 9.17) is 4.74 Å². The Morgan fingerprint density at radius 1 is 0.971 bits per heavy atom. The minimum Gasteiger partial charge on any atom is -0.449 e. The molecule has 0 unspecified atom stereocenters. The monoisotopic (exact) mass is 478 g/mol. The molecule has 2 amide bonds. The molecule has 0 radical (unpaired) electrons. The summed E-state index contributed by atoms with van der Waals surface area (Å²) in [5.74, 6) is 0.641. The first-order valence-corrected chi connectivity index (χ1v) is 11.6. The SMILES string of the molecule is CC(C)COC(=O)Nc1ccn(CCCCc2ccc(NC(=O)Cc3ccccc3)nn2)c(=O)n1. The number of amides is 2. The molecule has 3 rings (SSSR count). The maximum Gasteiger partial charge on any atom is 0.412 e. The van der Waals surface area contributed by atoms with Crippen LogP contribution in [0.1, 0.15) is 37.9 Å². The number of benzene rings is 1. The molecule has 10 heteroatoms. The fourth-order valence-electron chi connectivity index (χ4n) is 3.17. The molecular formula is C25H30N6O4. The van der Waals surface area contributed by atoms with Crippen LogP contribution in [0.3, 0.4) is 0 Å². The summed E-state index contributed by atoms with van der Waals surface area (Å²) in [6.07, 6.45) is 3.46. The summed E-state index contributed by atoms with van der Waals surface area (Å²) >= 11 is 0. The van der Waals surface area contributed by atoms with Crippen molar-refractivity contribution < 1.29 is 14.3 Å². The number of hydrogen-bond donors (Lipinski definition) is 2. The van der Waals surface area contributed by atoms with Gasteiger partial charge >= 0.3 is 11.8 Å². The van der Waals surface area contributed by atoms with Crippen molar-refractivity contribution in [2.45, 2.75) is 46.1 Å². The van der Waals surface area contributed by atoms with Crippen LogP contribution in [0, 0.1) is 5.92 Å². The molecule has 0 saturated carbocycles. The molecule has 0 saturated heterocycles. The average molecular weight is 479 g/mol. The third-order valence-corrected chi connectivity index (χ3v) is 4.93. The van der Waals surface area contributed by atoms with Crippen molar-refractivity contribution in [2.75, 3.05) is 17.2 Å². The Hall–Kier alpha value is -4.08. The van der Waals surface area contributed by atoms with E-state index < -0.39 is 11.8 Å². The van der Waals surface area contributed by atoms with Gasteiger partial charge in [-0.25, -0.2) is 9.59 Å². The minimum absolute atomic E-state index is 0.147. The molecule has 2 N–H and O–H groups in total. The number of aromatic nitrogens is 4. The summed E-state index contributed by atoms with van der Waals surface area (Å²) in [6, 6.07) is 14.6. The fraction of sp³-hybridized carbons (Fsp3) is 0.360. The van der Waals surface area contributed by atoms with Crippen LogP contribution >= 0.6 is 0 Å². The quantitative estimate of drug-likeness (QED) is 0.404. The molecule has 2 aromatic heterocycles. The number of nitrogens with one attached hydrogen (secondary N) is 2. The van der Waals surface area contributed by atoms with E-state index >= 15 is 0 Å². The Labute approximate surface area is 203 Å². The van der Waals surface area contributed by atoms with Crippen LogP contribution in [-0.2, 0) is 28.9 Å². The summed E-state index contributed by atoms with van der Waals surface area (Å²) in [5.41, 5.74) is 1.29. The van der Waals surface area contributed by atoms with Crippen LogP contribution in [0.5, 0.6) is 0 Å². The van der Waals surface area contributed by atoms with Gasteiger partial charge in [-0.2, -0.15) is 10.1 Å². The van der Waals surface area contributed by atoms with Crippen molar-refractivity contribution in [2.24, 2.45) is 5.92 Å². The normalized spacial score (nSPS) is 10.7. The zero-order valence-electron chi connectivity index (χ0n) is 19.9. The van der Waals surface area contributed by atoms with E-state index in [1.54, 1.807) is 18.3 Å². The number of aryl methyl sites for hydroxylation is 2. The van der Waals surface area contributed by atoms with E-state index in [-0.39, 0.29) is 24.1 Å². The van der Waals surface area contributed by atoms with Crippen molar-refractivity contribution in [3.8, 4) is 0 Å². The van der Waals surface area contributed by atoms with Gasteiger partial charge in [0, 0.05) is 12.7 Å². The first-order valence-electron chi connectivity index (χ1n) is 11.6. The van der Waals surface area contributed by atoms with E-state index in [1.807, 2.05) is 50.2 Å². The van der Waals surface area contributed by atoms with Gasteiger partial charge in [0.15, 0.2) is 5.82 Å². The maximum absolute atomic E-state index is 12.2. The molecule has 35 heavy (non-hydrogen) atoms. The molecule has 0 aliphatic heterocycles. The molecule has 184 valence electrons. The highest BCUT2D eigenvalue weighted by Gasteiger charge is 2.08. The number of anilines is 2. The van der Waals surface area contributed by atoms with Gasteiger partial charge in [0.25, 0.3) is 0 Å². The number of carbonyl (C=O) groups excluding carboxylic acids is 2. The lowest BCUT2D eigenvalue weighted by atomic mass is 10.1.